The number of rotatable bonds is 5. The molecule has 0 saturated heterocycles. The molecule has 0 aromatic heterocycles. The molecule has 0 fully saturated rings. The summed E-state index contributed by atoms with van der Waals surface area (Å²) in [4.78, 5) is 22.7. The van der Waals surface area contributed by atoms with Gasteiger partial charge in [0.05, 0.1) is 12.5 Å². The lowest BCUT2D eigenvalue weighted by Gasteiger charge is -2.18. The Morgan fingerprint density at radius 1 is 1.32 bits per heavy atom. The molecule has 4 heteroatoms. The topological polar surface area (TPSA) is 66.4 Å². The smallest absolute Gasteiger partial charge is 0.305 e. The second kappa shape index (κ2) is 6.73. The molecule has 19 heavy (non-hydrogen) atoms. The number of nitrogens with one attached hydrogen (secondary N) is 1. The van der Waals surface area contributed by atoms with Crippen molar-refractivity contribution < 1.29 is 14.7 Å². The zero-order chi connectivity index (χ0) is 14.4. The molecule has 0 bridgehead atoms. The van der Waals surface area contributed by atoms with Gasteiger partial charge in [0.25, 0.3) is 0 Å². The van der Waals surface area contributed by atoms with E-state index in [2.05, 4.69) is 5.32 Å². The first-order valence-electron chi connectivity index (χ1n) is 6.13. The van der Waals surface area contributed by atoms with Crippen LogP contribution in [0.5, 0.6) is 0 Å². The highest BCUT2D eigenvalue weighted by molar-refractivity contribution is 5.88. The largest absolute Gasteiger partial charge is 0.481 e. The van der Waals surface area contributed by atoms with Crippen molar-refractivity contribution in [2.45, 2.75) is 33.2 Å². The molecule has 0 radical (unpaired) electrons. The molecular formula is C15H19NO3. The van der Waals surface area contributed by atoms with E-state index >= 15 is 0 Å². The van der Waals surface area contributed by atoms with Gasteiger partial charge in [-0.3, -0.25) is 9.59 Å². The number of aliphatic carboxylic acids is 1. The summed E-state index contributed by atoms with van der Waals surface area (Å²) >= 11 is 0. The maximum Gasteiger partial charge on any atom is 0.305 e. The molecular weight excluding hydrogens is 242 g/mol. The number of allylic oxidation sites excluding steroid dienone is 1. The van der Waals surface area contributed by atoms with Crippen LogP contribution in [0, 0.1) is 6.92 Å². The second-order valence-electron chi connectivity index (χ2n) is 4.74. The molecule has 4 nitrogen and oxygen atoms in total. The van der Waals surface area contributed by atoms with Crippen molar-refractivity contribution in [1.82, 2.24) is 5.32 Å². The molecule has 0 aliphatic carbocycles. The van der Waals surface area contributed by atoms with Crippen LogP contribution < -0.4 is 5.32 Å². The number of carboxylic acids is 1. The summed E-state index contributed by atoms with van der Waals surface area (Å²) in [6, 6.07) is 6.95. The van der Waals surface area contributed by atoms with Gasteiger partial charge in [0.2, 0.25) is 5.91 Å². The van der Waals surface area contributed by atoms with Gasteiger partial charge in [0, 0.05) is 6.08 Å². The van der Waals surface area contributed by atoms with Gasteiger partial charge in [0.15, 0.2) is 0 Å². The van der Waals surface area contributed by atoms with Crippen molar-refractivity contribution in [3.63, 3.8) is 0 Å². The van der Waals surface area contributed by atoms with E-state index in [1.54, 1.807) is 0 Å². The van der Waals surface area contributed by atoms with Gasteiger partial charge in [-0.15, -0.1) is 0 Å². The number of carbonyl (C=O) groups excluding carboxylic acids is 1. The maximum atomic E-state index is 11.7. The van der Waals surface area contributed by atoms with E-state index in [9.17, 15) is 9.59 Å². The summed E-state index contributed by atoms with van der Waals surface area (Å²) in [5.74, 6) is -1.21. The Morgan fingerprint density at radius 3 is 2.47 bits per heavy atom. The molecule has 1 aromatic carbocycles. The third-order valence-electron chi connectivity index (χ3n) is 2.68. The van der Waals surface area contributed by atoms with E-state index in [1.807, 2.05) is 45.0 Å². The number of amides is 1. The number of benzene rings is 1. The normalized spacial score (nSPS) is 11.5. The number of carboxylic acid groups (broad SMARTS) is 1. The average molecular weight is 261 g/mol. The van der Waals surface area contributed by atoms with E-state index in [1.165, 1.54) is 6.08 Å². The Bertz CT molecular complexity index is 502. The monoisotopic (exact) mass is 261 g/mol. The van der Waals surface area contributed by atoms with Crippen LogP contribution in [0.4, 0.5) is 0 Å². The van der Waals surface area contributed by atoms with Crippen LogP contribution >= 0.6 is 0 Å². The number of hydrogen-bond acceptors (Lipinski definition) is 2. The number of hydrogen-bond donors (Lipinski definition) is 2. The fourth-order valence-electron chi connectivity index (χ4n) is 1.87. The third kappa shape index (κ3) is 4.95. The molecule has 1 atom stereocenters. The molecule has 102 valence electrons. The minimum atomic E-state index is -0.939. The van der Waals surface area contributed by atoms with Gasteiger partial charge < -0.3 is 10.4 Å². The fourth-order valence-corrected chi connectivity index (χ4v) is 1.87. The van der Waals surface area contributed by atoms with Crippen molar-refractivity contribution in [1.29, 1.82) is 0 Å². The molecule has 0 saturated carbocycles. The summed E-state index contributed by atoms with van der Waals surface area (Å²) in [5.41, 5.74) is 2.67. The Hall–Kier alpha value is -2.10. The van der Waals surface area contributed by atoms with E-state index in [4.69, 9.17) is 5.11 Å². The summed E-state index contributed by atoms with van der Waals surface area (Å²) < 4.78 is 0. The second-order valence-corrected chi connectivity index (χ2v) is 4.74. The highest BCUT2D eigenvalue weighted by Gasteiger charge is 2.18. The Labute approximate surface area is 113 Å². The zero-order valence-electron chi connectivity index (χ0n) is 11.4. The summed E-state index contributed by atoms with van der Waals surface area (Å²) in [6.45, 7) is 5.54. The quantitative estimate of drug-likeness (QED) is 0.801. The van der Waals surface area contributed by atoms with E-state index in [0.717, 1.165) is 16.7 Å². The lowest BCUT2D eigenvalue weighted by atomic mass is 9.98. The van der Waals surface area contributed by atoms with Gasteiger partial charge in [-0.2, -0.15) is 0 Å². The predicted octanol–water partition coefficient (Wildman–Crippen LogP) is 2.59. The Morgan fingerprint density at radius 2 is 1.95 bits per heavy atom. The standard InChI is InChI=1S/C15H19NO3/c1-10(2)8-14(17)16-13(9-15(18)19)12-7-5-4-6-11(12)3/h4-8,13H,9H2,1-3H3,(H,16,17)(H,18,19)/t13-/m0/s1. The first-order chi connectivity index (χ1) is 8.90. The van der Waals surface area contributed by atoms with Crippen LogP contribution in [0.1, 0.15) is 37.4 Å². The van der Waals surface area contributed by atoms with E-state index in [0.29, 0.717) is 0 Å². The van der Waals surface area contributed by atoms with Crippen molar-refractivity contribution in [2.24, 2.45) is 0 Å². The van der Waals surface area contributed by atoms with Gasteiger partial charge in [-0.25, -0.2) is 0 Å². The average Bonchev–Trinajstić information content (AvgIpc) is 2.26. The van der Waals surface area contributed by atoms with Crippen LogP contribution in [0.2, 0.25) is 0 Å². The molecule has 0 unspecified atom stereocenters. The number of aryl methyl sites for hydroxylation is 1. The molecule has 1 rings (SSSR count). The highest BCUT2D eigenvalue weighted by atomic mass is 16.4. The van der Waals surface area contributed by atoms with Crippen molar-refractivity contribution in [3.05, 3.63) is 47.0 Å². The highest BCUT2D eigenvalue weighted by Crippen LogP contribution is 2.20. The van der Waals surface area contributed by atoms with Gasteiger partial charge in [0.1, 0.15) is 0 Å². The van der Waals surface area contributed by atoms with Gasteiger partial charge in [-0.05, 0) is 31.9 Å². The predicted molar refractivity (Wildman–Crippen MR) is 73.7 cm³/mol. The van der Waals surface area contributed by atoms with Crippen molar-refractivity contribution in [3.8, 4) is 0 Å². The van der Waals surface area contributed by atoms with Crippen LogP contribution in [0.3, 0.4) is 0 Å². The van der Waals surface area contributed by atoms with Crippen LogP contribution in [-0.2, 0) is 9.59 Å². The van der Waals surface area contributed by atoms with Crippen molar-refractivity contribution >= 4 is 11.9 Å². The van der Waals surface area contributed by atoms with E-state index < -0.39 is 12.0 Å². The first-order valence-corrected chi connectivity index (χ1v) is 6.13. The molecule has 2 N–H and O–H groups in total. The molecule has 1 aromatic rings. The Kier molecular flexibility index (Phi) is 5.30. The molecule has 0 aliphatic rings. The lowest BCUT2D eigenvalue weighted by Crippen LogP contribution is -2.29. The Balaban J connectivity index is 2.96. The van der Waals surface area contributed by atoms with E-state index in [-0.39, 0.29) is 12.3 Å². The first kappa shape index (κ1) is 15.0. The van der Waals surface area contributed by atoms with Crippen LogP contribution in [0.15, 0.2) is 35.9 Å². The van der Waals surface area contributed by atoms with Crippen LogP contribution in [0.25, 0.3) is 0 Å². The lowest BCUT2D eigenvalue weighted by molar-refractivity contribution is -0.137. The summed E-state index contributed by atoms with van der Waals surface area (Å²) in [5, 5.41) is 11.7. The molecule has 0 heterocycles. The molecule has 0 aliphatic heterocycles. The van der Waals surface area contributed by atoms with Crippen molar-refractivity contribution in [2.75, 3.05) is 0 Å². The van der Waals surface area contributed by atoms with Crippen LogP contribution in [-0.4, -0.2) is 17.0 Å². The third-order valence-corrected chi connectivity index (χ3v) is 2.68. The summed E-state index contributed by atoms with van der Waals surface area (Å²) in [7, 11) is 0. The maximum absolute atomic E-state index is 11.7. The minimum Gasteiger partial charge on any atom is -0.481 e. The fraction of sp³-hybridized carbons (Fsp3) is 0.333. The SMILES string of the molecule is CC(C)=CC(=O)N[C@@H](CC(=O)O)c1ccccc1C. The summed E-state index contributed by atoms with van der Waals surface area (Å²) in [6.07, 6.45) is 1.33. The van der Waals surface area contributed by atoms with Gasteiger partial charge >= 0.3 is 5.97 Å². The molecule has 1 amide bonds. The zero-order valence-corrected chi connectivity index (χ0v) is 11.4. The van der Waals surface area contributed by atoms with Gasteiger partial charge in [-0.1, -0.05) is 29.8 Å². The molecule has 0 spiro atoms. The minimum absolute atomic E-state index is 0.132. The number of carbonyl (C=O) groups is 2.